The first-order valence-electron chi connectivity index (χ1n) is 7.21. The molecule has 1 N–H and O–H groups in total. The zero-order valence-corrected chi connectivity index (χ0v) is 11.9. The molecule has 21 heavy (non-hydrogen) atoms. The van der Waals surface area contributed by atoms with E-state index in [0.717, 1.165) is 24.8 Å². The highest BCUT2D eigenvalue weighted by Gasteiger charge is 2.50. The molecule has 1 heterocycles. The summed E-state index contributed by atoms with van der Waals surface area (Å²) in [7, 11) is 0. The molecular formula is C17H17NO3. The van der Waals surface area contributed by atoms with E-state index in [1.165, 1.54) is 4.90 Å². The van der Waals surface area contributed by atoms with Gasteiger partial charge in [-0.1, -0.05) is 24.3 Å². The number of fused-ring (bicyclic) bond motifs is 1. The van der Waals surface area contributed by atoms with Gasteiger partial charge in [-0.2, -0.15) is 0 Å². The molecule has 1 aromatic carbocycles. The highest BCUT2D eigenvalue weighted by molar-refractivity contribution is 6.22. The Labute approximate surface area is 123 Å². The molecule has 0 radical (unpaired) electrons. The van der Waals surface area contributed by atoms with Crippen LogP contribution < -0.4 is 4.90 Å². The first-order chi connectivity index (χ1) is 10.1. The number of amides is 2. The molecule has 2 amide bonds. The van der Waals surface area contributed by atoms with Crippen molar-refractivity contribution in [3.05, 3.63) is 29.3 Å². The molecule has 108 valence electrons. The second-order valence-electron chi connectivity index (χ2n) is 5.62. The van der Waals surface area contributed by atoms with E-state index in [-0.39, 0.29) is 30.3 Å². The molecule has 0 bridgehead atoms. The molecule has 1 aliphatic carbocycles. The first kappa shape index (κ1) is 13.8. The van der Waals surface area contributed by atoms with E-state index in [1.54, 1.807) is 6.07 Å². The number of anilines is 1. The van der Waals surface area contributed by atoms with Crippen LogP contribution in [0.1, 0.15) is 30.4 Å². The summed E-state index contributed by atoms with van der Waals surface area (Å²) in [5, 5.41) is 8.76. The molecule has 2 fully saturated rings. The lowest BCUT2D eigenvalue weighted by molar-refractivity contribution is -0.122. The number of rotatable bonds is 1. The summed E-state index contributed by atoms with van der Waals surface area (Å²) in [6.07, 6.45) is 2.59. The Hall–Kier alpha value is -2.12. The van der Waals surface area contributed by atoms with Crippen molar-refractivity contribution in [1.82, 2.24) is 0 Å². The summed E-state index contributed by atoms with van der Waals surface area (Å²) in [6.45, 7) is 1.67. The van der Waals surface area contributed by atoms with Gasteiger partial charge in [0.15, 0.2) is 0 Å². The van der Waals surface area contributed by atoms with Crippen LogP contribution in [0, 0.1) is 30.6 Å². The zero-order valence-electron chi connectivity index (χ0n) is 11.9. The van der Waals surface area contributed by atoms with Crippen molar-refractivity contribution in [3.8, 4) is 11.8 Å². The van der Waals surface area contributed by atoms with Crippen molar-refractivity contribution >= 4 is 17.5 Å². The second-order valence-corrected chi connectivity index (χ2v) is 5.62. The third-order valence-electron chi connectivity index (χ3n) is 4.35. The van der Waals surface area contributed by atoms with E-state index in [4.69, 9.17) is 5.11 Å². The fraction of sp³-hybridized carbons (Fsp3) is 0.412. The molecule has 2 aliphatic rings. The normalized spacial score (nSPS) is 24.0. The summed E-state index contributed by atoms with van der Waals surface area (Å²) < 4.78 is 0. The van der Waals surface area contributed by atoms with Gasteiger partial charge in [-0.15, -0.1) is 0 Å². The molecule has 4 nitrogen and oxygen atoms in total. The molecule has 2 atom stereocenters. The zero-order chi connectivity index (χ0) is 15.0. The van der Waals surface area contributed by atoms with Gasteiger partial charge in [0, 0.05) is 5.56 Å². The number of nitrogens with zero attached hydrogens (tertiary/aromatic N) is 1. The van der Waals surface area contributed by atoms with E-state index < -0.39 is 0 Å². The van der Waals surface area contributed by atoms with Crippen molar-refractivity contribution in [1.29, 1.82) is 0 Å². The number of benzene rings is 1. The third-order valence-corrected chi connectivity index (χ3v) is 4.35. The van der Waals surface area contributed by atoms with Gasteiger partial charge in [-0.05, 0) is 37.5 Å². The van der Waals surface area contributed by atoms with Gasteiger partial charge >= 0.3 is 0 Å². The number of hydrogen-bond donors (Lipinski definition) is 1. The Kier molecular flexibility index (Phi) is 3.52. The van der Waals surface area contributed by atoms with Crippen molar-refractivity contribution < 1.29 is 14.7 Å². The Balaban J connectivity index is 2.00. The summed E-state index contributed by atoms with van der Waals surface area (Å²) in [4.78, 5) is 26.4. The standard InChI is InChI=1S/C17H17NO3/c1-11-7-8-12(4-3-9-19)10-15(11)18-16(20)13-5-2-6-14(13)17(18)21/h7-8,10,13-14,19H,2,5-6,9H2,1H3. The molecule has 1 saturated carbocycles. The van der Waals surface area contributed by atoms with E-state index in [9.17, 15) is 9.59 Å². The van der Waals surface area contributed by atoms with Crippen LogP contribution in [0.4, 0.5) is 5.69 Å². The maximum atomic E-state index is 12.5. The van der Waals surface area contributed by atoms with E-state index in [1.807, 2.05) is 19.1 Å². The largest absolute Gasteiger partial charge is 0.384 e. The predicted molar refractivity (Wildman–Crippen MR) is 78.5 cm³/mol. The van der Waals surface area contributed by atoms with Crippen LogP contribution in [0.15, 0.2) is 18.2 Å². The lowest BCUT2D eigenvalue weighted by Gasteiger charge is -2.18. The smallest absolute Gasteiger partial charge is 0.237 e. The highest BCUT2D eigenvalue weighted by Crippen LogP contribution is 2.42. The number of imide groups is 1. The van der Waals surface area contributed by atoms with Crippen molar-refractivity contribution in [2.24, 2.45) is 11.8 Å². The number of aryl methyl sites for hydroxylation is 1. The lowest BCUT2D eigenvalue weighted by atomic mass is 10.00. The number of aliphatic hydroxyl groups is 1. The monoisotopic (exact) mass is 283 g/mol. The minimum absolute atomic E-state index is 0.0714. The molecule has 0 aromatic heterocycles. The molecule has 1 saturated heterocycles. The predicted octanol–water partition coefficient (Wildman–Crippen LogP) is 1.63. The van der Waals surface area contributed by atoms with Crippen LogP contribution in [-0.2, 0) is 9.59 Å². The van der Waals surface area contributed by atoms with Crippen molar-refractivity contribution in [3.63, 3.8) is 0 Å². The summed E-state index contributed by atoms with van der Waals surface area (Å²) in [6, 6.07) is 5.44. The van der Waals surface area contributed by atoms with Gasteiger partial charge in [0.2, 0.25) is 11.8 Å². The molecule has 3 rings (SSSR count). The Morgan fingerprint density at radius 2 is 1.90 bits per heavy atom. The fourth-order valence-electron chi connectivity index (χ4n) is 3.30. The maximum absolute atomic E-state index is 12.5. The SMILES string of the molecule is Cc1ccc(C#CCO)cc1N1C(=O)C2CCCC2C1=O. The molecular weight excluding hydrogens is 266 g/mol. The van der Waals surface area contributed by atoms with Crippen LogP contribution in [0.5, 0.6) is 0 Å². The Morgan fingerprint density at radius 3 is 2.52 bits per heavy atom. The average Bonchev–Trinajstić information content (AvgIpc) is 3.04. The van der Waals surface area contributed by atoms with Crippen LogP contribution in [0.2, 0.25) is 0 Å². The van der Waals surface area contributed by atoms with Crippen molar-refractivity contribution in [2.45, 2.75) is 26.2 Å². The van der Waals surface area contributed by atoms with Crippen molar-refractivity contribution in [2.75, 3.05) is 11.5 Å². The molecule has 2 unspecified atom stereocenters. The van der Waals surface area contributed by atoms with E-state index >= 15 is 0 Å². The summed E-state index contributed by atoms with van der Waals surface area (Å²) in [5.74, 6) is 4.98. The van der Waals surface area contributed by atoms with Gasteiger partial charge in [0.1, 0.15) is 6.61 Å². The minimum atomic E-state index is -0.213. The number of aliphatic hydroxyl groups excluding tert-OH is 1. The Morgan fingerprint density at radius 1 is 1.24 bits per heavy atom. The molecule has 0 spiro atoms. The van der Waals surface area contributed by atoms with Gasteiger partial charge in [0.25, 0.3) is 0 Å². The van der Waals surface area contributed by atoms with Gasteiger partial charge in [-0.3, -0.25) is 9.59 Å². The van der Waals surface area contributed by atoms with Gasteiger partial charge in [0.05, 0.1) is 17.5 Å². The third kappa shape index (κ3) is 2.24. The number of carbonyl (C=O) groups is 2. The second kappa shape index (κ2) is 5.34. The first-order valence-corrected chi connectivity index (χ1v) is 7.21. The average molecular weight is 283 g/mol. The summed E-state index contributed by atoms with van der Waals surface area (Å²) in [5.41, 5.74) is 2.21. The lowest BCUT2D eigenvalue weighted by Crippen LogP contribution is -2.32. The molecule has 1 aromatic rings. The topological polar surface area (TPSA) is 57.6 Å². The highest BCUT2D eigenvalue weighted by atomic mass is 16.2. The van der Waals surface area contributed by atoms with Gasteiger partial charge in [-0.25, -0.2) is 4.90 Å². The van der Waals surface area contributed by atoms with E-state index in [0.29, 0.717) is 11.3 Å². The summed E-state index contributed by atoms with van der Waals surface area (Å²) >= 11 is 0. The van der Waals surface area contributed by atoms with Gasteiger partial charge < -0.3 is 5.11 Å². The fourth-order valence-corrected chi connectivity index (χ4v) is 3.30. The van der Waals surface area contributed by atoms with Crippen LogP contribution in [0.25, 0.3) is 0 Å². The Bertz CT molecular complexity index is 646. The molecule has 4 heteroatoms. The minimum Gasteiger partial charge on any atom is -0.384 e. The van der Waals surface area contributed by atoms with E-state index in [2.05, 4.69) is 11.8 Å². The number of hydrogen-bond acceptors (Lipinski definition) is 3. The quantitative estimate of drug-likeness (QED) is 0.629. The van der Waals surface area contributed by atoms with Crippen LogP contribution >= 0.6 is 0 Å². The van der Waals surface area contributed by atoms with Crippen LogP contribution in [-0.4, -0.2) is 23.5 Å². The maximum Gasteiger partial charge on any atom is 0.237 e. The number of carbonyl (C=O) groups excluding carboxylic acids is 2. The van der Waals surface area contributed by atoms with Crippen LogP contribution in [0.3, 0.4) is 0 Å². The molecule has 1 aliphatic heterocycles.